The van der Waals surface area contributed by atoms with Gasteiger partial charge in [0.05, 0.1) is 12.8 Å². The maximum absolute atomic E-state index is 12.4. The van der Waals surface area contributed by atoms with E-state index >= 15 is 0 Å². The molecule has 1 N–H and O–H groups in total. The van der Waals surface area contributed by atoms with Gasteiger partial charge >= 0.3 is 5.97 Å². The fraction of sp³-hybridized carbons (Fsp3) is 0.231. The zero-order valence-corrected chi connectivity index (χ0v) is 18.9. The highest BCUT2D eigenvalue weighted by atomic mass is 16.6. The molecule has 0 heterocycles. The van der Waals surface area contributed by atoms with Crippen LogP contribution in [0.1, 0.15) is 18.1 Å². The van der Waals surface area contributed by atoms with E-state index in [1.165, 1.54) is 14.0 Å². The molecule has 0 saturated carbocycles. The second-order valence-corrected chi connectivity index (χ2v) is 7.36. The molecule has 0 aromatic heterocycles. The van der Waals surface area contributed by atoms with Crippen LogP contribution in [-0.2, 0) is 20.9 Å². The predicted octanol–water partition coefficient (Wildman–Crippen LogP) is 4.53. The second kappa shape index (κ2) is 11.6. The number of carbonyl (C=O) groups is 2. The summed E-state index contributed by atoms with van der Waals surface area (Å²) in [6, 6.07) is 22.2. The van der Waals surface area contributed by atoms with Crippen LogP contribution in [0.15, 0.2) is 72.8 Å². The number of hydrogen-bond donors (Lipinski definition) is 1. The summed E-state index contributed by atoms with van der Waals surface area (Å²) in [6.45, 7) is 3.53. The van der Waals surface area contributed by atoms with E-state index in [2.05, 4.69) is 5.32 Å². The average Bonchev–Trinajstić information content (AvgIpc) is 2.83. The lowest BCUT2D eigenvalue weighted by molar-refractivity contribution is -0.155. The first-order valence-corrected chi connectivity index (χ1v) is 10.5. The molecule has 1 unspecified atom stereocenters. The number of ether oxygens (including phenoxy) is 4. The number of nitrogens with one attached hydrogen (secondary N) is 1. The molecule has 0 bridgehead atoms. The summed E-state index contributed by atoms with van der Waals surface area (Å²) in [5, 5.41) is 2.72. The number of amides is 1. The van der Waals surface area contributed by atoms with E-state index in [1.807, 2.05) is 43.3 Å². The lowest BCUT2D eigenvalue weighted by Crippen LogP contribution is -2.31. The molecule has 0 saturated heterocycles. The molecular weight excluding hydrogens is 422 g/mol. The maximum atomic E-state index is 12.4. The van der Waals surface area contributed by atoms with Gasteiger partial charge in [0.25, 0.3) is 5.91 Å². The molecule has 7 nitrogen and oxygen atoms in total. The van der Waals surface area contributed by atoms with Crippen molar-refractivity contribution >= 4 is 17.6 Å². The summed E-state index contributed by atoms with van der Waals surface area (Å²) in [5.74, 6) is 0.573. The maximum Gasteiger partial charge on any atom is 0.344 e. The molecule has 0 fully saturated rings. The Balaban J connectivity index is 1.43. The minimum Gasteiger partial charge on any atom is -0.495 e. The van der Waals surface area contributed by atoms with Crippen LogP contribution in [0.2, 0.25) is 0 Å². The number of hydrogen-bond acceptors (Lipinski definition) is 6. The number of rotatable bonds is 10. The Hall–Kier alpha value is -4.00. The van der Waals surface area contributed by atoms with Crippen molar-refractivity contribution in [3.05, 3.63) is 83.9 Å². The van der Waals surface area contributed by atoms with E-state index in [0.717, 1.165) is 11.1 Å². The number of esters is 1. The molecule has 0 radical (unpaired) electrons. The van der Waals surface area contributed by atoms with Crippen LogP contribution in [0.3, 0.4) is 0 Å². The van der Waals surface area contributed by atoms with Crippen molar-refractivity contribution in [2.45, 2.75) is 26.6 Å². The molecular formula is C26H27NO6. The van der Waals surface area contributed by atoms with Gasteiger partial charge in [0, 0.05) is 0 Å². The Labute approximate surface area is 193 Å². The summed E-state index contributed by atoms with van der Waals surface area (Å²) < 4.78 is 21.6. The normalized spacial score (nSPS) is 11.2. The number of anilines is 1. The predicted molar refractivity (Wildman–Crippen MR) is 125 cm³/mol. The summed E-state index contributed by atoms with van der Waals surface area (Å²) >= 11 is 0. The van der Waals surface area contributed by atoms with Gasteiger partial charge in [-0.25, -0.2) is 4.79 Å². The van der Waals surface area contributed by atoms with Gasteiger partial charge in [0.2, 0.25) is 0 Å². The van der Waals surface area contributed by atoms with Crippen LogP contribution in [0, 0.1) is 6.92 Å². The molecule has 3 aromatic carbocycles. The van der Waals surface area contributed by atoms with E-state index in [-0.39, 0.29) is 6.61 Å². The van der Waals surface area contributed by atoms with Gasteiger partial charge in [0.1, 0.15) is 23.9 Å². The topological polar surface area (TPSA) is 83.1 Å². The SMILES string of the molecule is COc1ccc(C)cc1NC(=O)C(C)OC(=O)COc1ccc(OCc2ccccc2)cc1. The first kappa shape index (κ1) is 23.7. The van der Waals surface area contributed by atoms with E-state index in [0.29, 0.717) is 29.5 Å². The van der Waals surface area contributed by atoms with Crippen LogP contribution < -0.4 is 19.5 Å². The molecule has 33 heavy (non-hydrogen) atoms. The smallest absolute Gasteiger partial charge is 0.344 e. The highest BCUT2D eigenvalue weighted by molar-refractivity contribution is 5.96. The van der Waals surface area contributed by atoms with Gasteiger partial charge in [-0.2, -0.15) is 0 Å². The minimum absolute atomic E-state index is 0.324. The van der Waals surface area contributed by atoms with Crippen molar-refractivity contribution in [1.29, 1.82) is 0 Å². The van der Waals surface area contributed by atoms with Crippen molar-refractivity contribution in [1.82, 2.24) is 0 Å². The van der Waals surface area contributed by atoms with Crippen molar-refractivity contribution < 1.29 is 28.5 Å². The van der Waals surface area contributed by atoms with Gasteiger partial charge in [-0.05, 0) is 61.4 Å². The third kappa shape index (κ3) is 7.28. The largest absolute Gasteiger partial charge is 0.495 e. The van der Waals surface area contributed by atoms with Crippen LogP contribution in [0.25, 0.3) is 0 Å². The molecule has 0 aliphatic rings. The highest BCUT2D eigenvalue weighted by Crippen LogP contribution is 2.25. The van der Waals surface area contributed by atoms with Crippen LogP contribution in [0.5, 0.6) is 17.2 Å². The molecule has 3 rings (SSSR count). The second-order valence-electron chi connectivity index (χ2n) is 7.36. The summed E-state index contributed by atoms with van der Waals surface area (Å²) in [7, 11) is 1.52. The Morgan fingerprint density at radius 2 is 1.58 bits per heavy atom. The van der Waals surface area contributed by atoms with Crippen molar-refractivity contribution in [2.24, 2.45) is 0 Å². The average molecular weight is 450 g/mol. The van der Waals surface area contributed by atoms with Crippen molar-refractivity contribution in [2.75, 3.05) is 19.0 Å². The number of aryl methyl sites for hydroxylation is 1. The van der Waals surface area contributed by atoms with Gasteiger partial charge in [-0.3, -0.25) is 4.79 Å². The molecule has 3 aromatic rings. The fourth-order valence-electron chi connectivity index (χ4n) is 2.95. The Morgan fingerprint density at radius 3 is 2.24 bits per heavy atom. The van der Waals surface area contributed by atoms with Gasteiger partial charge in [-0.15, -0.1) is 0 Å². The zero-order valence-electron chi connectivity index (χ0n) is 18.9. The van der Waals surface area contributed by atoms with E-state index < -0.39 is 18.0 Å². The third-order valence-corrected chi connectivity index (χ3v) is 4.72. The van der Waals surface area contributed by atoms with Crippen LogP contribution >= 0.6 is 0 Å². The lowest BCUT2D eigenvalue weighted by atomic mass is 10.2. The molecule has 172 valence electrons. The zero-order chi connectivity index (χ0) is 23.6. The number of benzene rings is 3. The molecule has 0 spiro atoms. The molecule has 0 aliphatic carbocycles. The number of carbonyl (C=O) groups excluding carboxylic acids is 2. The standard InChI is InChI=1S/C26H27NO6/c1-18-9-14-24(30-3)23(15-18)27-26(29)19(2)33-25(28)17-32-22-12-10-21(11-13-22)31-16-20-7-5-4-6-8-20/h4-15,19H,16-17H2,1-3H3,(H,27,29). The van der Waals surface area contributed by atoms with Crippen LogP contribution in [-0.4, -0.2) is 31.7 Å². The molecule has 7 heteroatoms. The van der Waals surface area contributed by atoms with Gasteiger partial charge < -0.3 is 24.3 Å². The first-order chi connectivity index (χ1) is 15.9. The van der Waals surface area contributed by atoms with E-state index in [4.69, 9.17) is 18.9 Å². The molecule has 1 amide bonds. The number of methoxy groups -OCH3 is 1. The van der Waals surface area contributed by atoms with Gasteiger partial charge in [0.15, 0.2) is 12.7 Å². The van der Waals surface area contributed by atoms with Gasteiger partial charge in [-0.1, -0.05) is 36.4 Å². The summed E-state index contributed by atoms with van der Waals surface area (Å²) in [4.78, 5) is 24.5. The fourth-order valence-corrected chi connectivity index (χ4v) is 2.95. The van der Waals surface area contributed by atoms with Crippen molar-refractivity contribution in [3.63, 3.8) is 0 Å². The minimum atomic E-state index is -1.000. The van der Waals surface area contributed by atoms with E-state index in [9.17, 15) is 9.59 Å². The molecule has 0 aliphatic heterocycles. The molecule has 1 atom stereocenters. The quantitative estimate of drug-likeness (QED) is 0.458. The third-order valence-electron chi connectivity index (χ3n) is 4.72. The summed E-state index contributed by atoms with van der Waals surface area (Å²) in [6.07, 6.45) is -1.000. The Morgan fingerprint density at radius 1 is 0.909 bits per heavy atom. The Bertz CT molecular complexity index is 1070. The summed E-state index contributed by atoms with van der Waals surface area (Å²) in [5.41, 5.74) is 2.54. The monoisotopic (exact) mass is 449 g/mol. The van der Waals surface area contributed by atoms with Crippen molar-refractivity contribution in [3.8, 4) is 17.2 Å². The highest BCUT2D eigenvalue weighted by Gasteiger charge is 2.19. The van der Waals surface area contributed by atoms with Crippen LogP contribution in [0.4, 0.5) is 5.69 Å². The van der Waals surface area contributed by atoms with E-state index in [1.54, 1.807) is 36.4 Å². The Kier molecular flexibility index (Phi) is 8.30. The first-order valence-electron chi connectivity index (χ1n) is 10.5. The lowest BCUT2D eigenvalue weighted by Gasteiger charge is -2.16.